The molecule has 0 aliphatic carbocycles. The number of H-pyrrole nitrogens is 1. The summed E-state index contributed by atoms with van der Waals surface area (Å²) in [5, 5.41) is 4.73. The van der Waals surface area contributed by atoms with E-state index >= 15 is 0 Å². The lowest BCUT2D eigenvalue weighted by Gasteiger charge is -2.47. The first-order valence-corrected chi connectivity index (χ1v) is 12.4. The molecule has 9 heteroatoms. The summed E-state index contributed by atoms with van der Waals surface area (Å²) in [6, 6.07) is 8.23. The Labute approximate surface area is 215 Å². The van der Waals surface area contributed by atoms with Crippen molar-refractivity contribution in [3.63, 3.8) is 0 Å². The molecule has 0 radical (unpaired) electrons. The van der Waals surface area contributed by atoms with E-state index in [0.717, 1.165) is 22.6 Å². The van der Waals surface area contributed by atoms with Gasteiger partial charge in [0.1, 0.15) is 11.5 Å². The van der Waals surface area contributed by atoms with Crippen molar-refractivity contribution in [2.45, 2.75) is 45.6 Å². The molecular weight excluding hydrogens is 469 g/mol. The first-order valence-electron chi connectivity index (χ1n) is 12.4. The van der Waals surface area contributed by atoms with Gasteiger partial charge in [-0.1, -0.05) is 27.4 Å². The van der Waals surface area contributed by atoms with Gasteiger partial charge in [0.15, 0.2) is 11.5 Å². The van der Waals surface area contributed by atoms with Crippen LogP contribution in [0, 0.1) is 5.82 Å². The molecule has 1 saturated heterocycles. The van der Waals surface area contributed by atoms with E-state index in [1.54, 1.807) is 35.2 Å². The van der Waals surface area contributed by atoms with Crippen LogP contribution in [0.1, 0.15) is 56.5 Å². The highest BCUT2D eigenvalue weighted by atomic mass is 19.1. The van der Waals surface area contributed by atoms with Crippen LogP contribution in [-0.4, -0.2) is 65.4 Å². The largest absolute Gasteiger partial charge is 0.365 e. The lowest BCUT2D eigenvalue weighted by atomic mass is 9.87. The van der Waals surface area contributed by atoms with Gasteiger partial charge in [-0.15, -0.1) is 0 Å². The van der Waals surface area contributed by atoms with Crippen molar-refractivity contribution in [3.8, 4) is 11.3 Å². The SMILES string of the molecule is C=C(c1ncc[nH]1)N1CCN(C(=O)c2cn3nc(-c4ccc(F)cc4)cc(C(C)(C)C)c3n2)C(C)(C)C1. The van der Waals surface area contributed by atoms with Crippen LogP contribution in [0.2, 0.25) is 0 Å². The molecule has 1 N–H and O–H groups in total. The first-order chi connectivity index (χ1) is 17.4. The Morgan fingerprint density at radius 2 is 1.89 bits per heavy atom. The molecule has 1 aliphatic heterocycles. The molecule has 0 spiro atoms. The zero-order valence-electron chi connectivity index (χ0n) is 21.9. The highest BCUT2D eigenvalue weighted by Gasteiger charge is 2.39. The number of piperazine rings is 1. The van der Waals surface area contributed by atoms with E-state index in [1.807, 2.05) is 24.8 Å². The summed E-state index contributed by atoms with van der Waals surface area (Å²) in [5.41, 5.74) is 3.54. The van der Waals surface area contributed by atoms with Crippen molar-refractivity contribution in [2.75, 3.05) is 19.6 Å². The van der Waals surface area contributed by atoms with Crippen molar-refractivity contribution >= 4 is 17.3 Å². The van der Waals surface area contributed by atoms with Crippen LogP contribution in [-0.2, 0) is 5.41 Å². The second kappa shape index (κ2) is 8.83. The van der Waals surface area contributed by atoms with Gasteiger partial charge in [0.2, 0.25) is 0 Å². The molecule has 1 aliphatic rings. The zero-order chi connectivity index (χ0) is 26.5. The van der Waals surface area contributed by atoms with E-state index in [-0.39, 0.29) is 17.1 Å². The second-order valence-electron chi connectivity index (χ2n) is 11.2. The number of nitrogens with zero attached hydrogens (tertiary/aromatic N) is 6. The summed E-state index contributed by atoms with van der Waals surface area (Å²) >= 11 is 0. The van der Waals surface area contributed by atoms with Gasteiger partial charge in [-0.2, -0.15) is 5.10 Å². The Kier molecular flexibility index (Phi) is 5.89. The third-order valence-electron chi connectivity index (χ3n) is 6.89. The maximum absolute atomic E-state index is 13.8. The van der Waals surface area contributed by atoms with Gasteiger partial charge in [-0.25, -0.2) is 18.9 Å². The predicted molar refractivity (Wildman–Crippen MR) is 141 cm³/mol. The number of aromatic amines is 1. The molecule has 0 unspecified atom stereocenters. The highest BCUT2D eigenvalue weighted by molar-refractivity contribution is 5.93. The normalized spacial score (nSPS) is 15.8. The standard InChI is InChI=1S/C28H32FN7O/c1-18(24-30-11-12-31-24)34-13-14-35(28(5,6)17-34)26(37)23-16-36-25(32-23)21(27(2,3)4)15-22(33-36)19-7-9-20(29)10-8-19/h7-12,15-16H,1,13-14,17H2,2-6H3,(H,30,31). The molecule has 4 aromatic rings. The zero-order valence-corrected chi connectivity index (χ0v) is 21.9. The number of carbonyl (C=O) groups excluding carboxylic acids is 1. The van der Waals surface area contributed by atoms with Gasteiger partial charge >= 0.3 is 0 Å². The maximum Gasteiger partial charge on any atom is 0.274 e. The average Bonchev–Trinajstić information content (AvgIpc) is 3.52. The van der Waals surface area contributed by atoms with Crippen LogP contribution >= 0.6 is 0 Å². The fourth-order valence-electron chi connectivity index (χ4n) is 4.87. The Morgan fingerprint density at radius 3 is 2.51 bits per heavy atom. The van der Waals surface area contributed by atoms with E-state index in [4.69, 9.17) is 10.1 Å². The molecule has 4 heterocycles. The third kappa shape index (κ3) is 4.61. The molecular formula is C28H32FN7O. The van der Waals surface area contributed by atoms with Gasteiger partial charge in [0.05, 0.1) is 23.1 Å². The number of hydrogen-bond donors (Lipinski definition) is 1. The molecule has 5 rings (SSSR count). The minimum Gasteiger partial charge on any atom is -0.365 e. The maximum atomic E-state index is 13.8. The predicted octanol–water partition coefficient (Wildman–Crippen LogP) is 4.76. The molecule has 1 fully saturated rings. The summed E-state index contributed by atoms with van der Waals surface area (Å²) in [6.45, 7) is 16.4. The Morgan fingerprint density at radius 1 is 1.16 bits per heavy atom. The number of rotatable bonds is 4. The van der Waals surface area contributed by atoms with Crippen LogP contribution in [0.4, 0.5) is 4.39 Å². The summed E-state index contributed by atoms with van der Waals surface area (Å²) in [4.78, 5) is 30.0. The Balaban J connectivity index is 1.47. The number of benzene rings is 1. The smallest absolute Gasteiger partial charge is 0.274 e. The number of aromatic nitrogens is 5. The number of imidazole rings is 2. The van der Waals surface area contributed by atoms with Crippen molar-refractivity contribution in [2.24, 2.45) is 0 Å². The number of carbonyl (C=O) groups is 1. The number of fused-ring (bicyclic) bond motifs is 1. The minimum absolute atomic E-state index is 0.137. The monoisotopic (exact) mass is 501 g/mol. The molecule has 37 heavy (non-hydrogen) atoms. The molecule has 0 bridgehead atoms. The van der Waals surface area contributed by atoms with Crippen molar-refractivity contribution in [3.05, 3.63) is 78.4 Å². The molecule has 0 atom stereocenters. The summed E-state index contributed by atoms with van der Waals surface area (Å²) in [6.07, 6.45) is 5.18. The van der Waals surface area contributed by atoms with E-state index < -0.39 is 5.54 Å². The lowest BCUT2D eigenvalue weighted by molar-refractivity contribution is 0.0308. The fourth-order valence-corrected chi connectivity index (χ4v) is 4.87. The summed E-state index contributed by atoms with van der Waals surface area (Å²) in [7, 11) is 0. The number of hydrogen-bond acceptors (Lipinski definition) is 5. The molecule has 8 nitrogen and oxygen atoms in total. The Bertz CT molecular complexity index is 1460. The summed E-state index contributed by atoms with van der Waals surface area (Å²) in [5.74, 6) is 0.294. The van der Waals surface area contributed by atoms with Crippen molar-refractivity contribution < 1.29 is 9.18 Å². The van der Waals surface area contributed by atoms with Crippen molar-refractivity contribution in [1.29, 1.82) is 0 Å². The lowest BCUT2D eigenvalue weighted by Crippen LogP contribution is -2.60. The topological polar surface area (TPSA) is 82.4 Å². The van der Waals surface area contributed by atoms with Crippen LogP contribution in [0.15, 0.2) is 55.5 Å². The van der Waals surface area contributed by atoms with Gasteiger partial charge in [-0.05, 0) is 49.6 Å². The molecule has 1 amide bonds. The molecule has 1 aromatic carbocycles. The molecule has 0 saturated carbocycles. The van der Waals surface area contributed by atoms with Gasteiger partial charge in [0.25, 0.3) is 5.91 Å². The number of halogens is 1. The van der Waals surface area contributed by atoms with Crippen LogP contribution in [0.25, 0.3) is 22.6 Å². The van der Waals surface area contributed by atoms with Gasteiger partial charge in [0, 0.05) is 43.2 Å². The molecule has 3 aromatic heterocycles. The van der Waals surface area contributed by atoms with Gasteiger partial charge in [-0.3, -0.25) is 4.79 Å². The van der Waals surface area contributed by atoms with Crippen LogP contribution < -0.4 is 0 Å². The second-order valence-corrected chi connectivity index (χ2v) is 11.2. The van der Waals surface area contributed by atoms with Crippen LogP contribution in [0.3, 0.4) is 0 Å². The first kappa shape index (κ1) is 24.7. The van der Waals surface area contributed by atoms with E-state index in [2.05, 4.69) is 42.2 Å². The van der Waals surface area contributed by atoms with E-state index in [0.29, 0.717) is 36.7 Å². The fraction of sp³-hybridized carbons (Fsp3) is 0.357. The minimum atomic E-state index is -0.458. The van der Waals surface area contributed by atoms with E-state index in [9.17, 15) is 9.18 Å². The van der Waals surface area contributed by atoms with Gasteiger partial charge < -0.3 is 14.8 Å². The van der Waals surface area contributed by atoms with Crippen molar-refractivity contribution in [1.82, 2.24) is 34.4 Å². The average molecular weight is 502 g/mol. The summed E-state index contributed by atoms with van der Waals surface area (Å²) < 4.78 is 15.2. The van der Waals surface area contributed by atoms with E-state index in [1.165, 1.54) is 12.1 Å². The Hall–Kier alpha value is -4.01. The quantitative estimate of drug-likeness (QED) is 0.436. The molecule has 192 valence electrons. The number of nitrogens with one attached hydrogen (secondary N) is 1. The van der Waals surface area contributed by atoms with Crippen LogP contribution in [0.5, 0.6) is 0 Å². The third-order valence-corrected chi connectivity index (χ3v) is 6.89. The number of amides is 1. The highest BCUT2D eigenvalue weighted by Crippen LogP contribution is 2.31.